The number of aromatic nitrogens is 1. The number of hydrogen-bond acceptors (Lipinski definition) is 5. The van der Waals surface area contributed by atoms with Gasteiger partial charge in [0.05, 0.1) is 20.8 Å². The highest BCUT2D eigenvalue weighted by molar-refractivity contribution is 5.77. The summed E-state index contributed by atoms with van der Waals surface area (Å²) in [6.07, 6.45) is 2.49. The molecule has 7 nitrogen and oxygen atoms in total. The second kappa shape index (κ2) is 11.0. The SMILES string of the molecule is COc1ccc(CCNC(N)=NCc2ccnc(Oc3ccc(C)c(C)c3)c2)cc1OC. The summed E-state index contributed by atoms with van der Waals surface area (Å²) in [5, 5.41) is 3.14. The number of aliphatic imine (C=N–C) groups is 1. The molecule has 0 aliphatic carbocycles. The van der Waals surface area contributed by atoms with Crippen LogP contribution in [0.25, 0.3) is 0 Å². The van der Waals surface area contributed by atoms with Crippen molar-refractivity contribution in [2.75, 3.05) is 20.8 Å². The van der Waals surface area contributed by atoms with Crippen molar-refractivity contribution in [1.29, 1.82) is 0 Å². The Kier molecular flexibility index (Phi) is 7.91. The van der Waals surface area contributed by atoms with Gasteiger partial charge in [-0.25, -0.2) is 9.98 Å². The van der Waals surface area contributed by atoms with E-state index in [0.717, 1.165) is 23.3 Å². The van der Waals surface area contributed by atoms with Crippen molar-refractivity contribution in [3.63, 3.8) is 0 Å². The Morgan fingerprint density at radius 3 is 2.50 bits per heavy atom. The van der Waals surface area contributed by atoms with E-state index in [9.17, 15) is 0 Å². The van der Waals surface area contributed by atoms with Gasteiger partial charge in [0.1, 0.15) is 5.75 Å². The Hall–Kier alpha value is -3.74. The molecule has 0 saturated heterocycles. The van der Waals surface area contributed by atoms with E-state index in [1.54, 1.807) is 20.4 Å². The molecule has 0 atom stereocenters. The van der Waals surface area contributed by atoms with Gasteiger partial charge in [-0.1, -0.05) is 12.1 Å². The van der Waals surface area contributed by atoms with E-state index < -0.39 is 0 Å². The zero-order valence-electron chi connectivity index (χ0n) is 19.0. The van der Waals surface area contributed by atoms with Crippen molar-refractivity contribution in [2.24, 2.45) is 10.7 Å². The normalized spacial score (nSPS) is 11.2. The number of hydrogen-bond donors (Lipinski definition) is 2. The van der Waals surface area contributed by atoms with Crippen molar-refractivity contribution in [3.8, 4) is 23.1 Å². The first-order valence-corrected chi connectivity index (χ1v) is 10.4. The van der Waals surface area contributed by atoms with Crippen molar-refractivity contribution in [3.05, 3.63) is 77.0 Å². The van der Waals surface area contributed by atoms with Crippen LogP contribution in [0.1, 0.15) is 22.3 Å². The summed E-state index contributed by atoms with van der Waals surface area (Å²) in [7, 11) is 3.25. The largest absolute Gasteiger partial charge is 0.493 e. The fourth-order valence-electron chi connectivity index (χ4n) is 3.11. The molecule has 0 saturated carbocycles. The molecule has 32 heavy (non-hydrogen) atoms. The quantitative estimate of drug-likeness (QED) is 0.388. The van der Waals surface area contributed by atoms with Crippen molar-refractivity contribution >= 4 is 5.96 Å². The average molecular weight is 435 g/mol. The van der Waals surface area contributed by atoms with Gasteiger partial charge < -0.3 is 25.3 Å². The van der Waals surface area contributed by atoms with E-state index in [1.807, 2.05) is 48.5 Å². The Morgan fingerprint density at radius 2 is 1.75 bits per heavy atom. The second-order valence-corrected chi connectivity index (χ2v) is 7.42. The zero-order valence-corrected chi connectivity index (χ0v) is 19.0. The lowest BCUT2D eigenvalue weighted by atomic mass is 10.1. The number of methoxy groups -OCH3 is 2. The molecule has 2 aromatic carbocycles. The first kappa shape index (κ1) is 22.9. The van der Waals surface area contributed by atoms with Gasteiger partial charge in [-0.05, 0) is 72.9 Å². The number of rotatable bonds is 9. The van der Waals surface area contributed by atoms with Crippen LogP contribution in [0.3, 0.4) is 0 Å². The number of nitrogens with two attached hydrogens (primary N) is 1. The van der Waals surface area contributed by atoms with Crippen LogP contribution in [0.2, 0.25) is 0 Å². The first-order chi connectivity index (χ1) is 15.5. The summed E-state index contributed by atoms with van der Waals surface area (Å²) in [5.41, 5.74) is 10.5. The maximum absolute atomic E-state index is 6.03. The van der Waals surface area contributed by atoms with E-state index in [4.69, 9.17) is 19.9 Å². The smallest absolute Gasteiger partial charge is 0.219 e. The minimum atomic E-state index is 0.388. The minimum Gasteiger partial charge on any atom is -0.493 e. The highest BCUT2D eigenvalue weighted by Gasteiger charge is 2.05. The molecule has 3 N–H and O–H groups in total. The lowest BCUT2D eigenvalue weighted by molar-refractivity contribution is 0.354. The first-order valence-electron chi connectivity index (χ1n) is 10.4. The number of pyridine rings is 1. The second-order valence-electron chi connectivity index (χ2n) is 7.42. The van der Waals surface area contributed by atoms with Gasteiger partial charge in [-0.15, -0.1) is 0 Å². The lowest BCUT2D eigenvalue weighted by Gasteiger charge is -2.10. The molecular formula is C25H30N4O3. The molecule has 0 amide bonds. The number of ether oxygens (including phenoxy) is 3. The zero-order chi connectivity index (χ0) is 22.9. The fourth-order valence-corrected chi connectivity index (χ4v) is 3.11. The van der Waals surface area contributed by atoms with Crippen molar-refractivity contribution in [1.82, 2.24) is 10.3 Å². The average Bonchev–Trinajstić information content (AvgIpc) is 2.80. The van der Waals surface area contributed by atoms with Gasteiger partial charge >= 0.3 is 0 Å². The fraction of sp³-hybridized carbons (Fsp3) is 0.280. The van der Waals surface area contributed by atoms with Gasteiger partial charge in [0.15, 0.2) is 17.5 Å². The maximum Gasteiger partial charge on any atom is 0.219 e. The number of benzene rings is 2. The Balaban J connectivity index is 1.52. The van der Waals surface area contributed by atoms with Crippen LogP contribution in [0.4, 0.5) is 0 Å². The van der Waals surface area contributed by atoms with Gasteiger partial charge in [0.25, 0.3) is 0 Å². The summed E-state index contributed by atoms with van der Waals surface area (Å²) in [5.74, 6) is 3.10. The molecule has 1 aromatic heterocycles. The van der Waals surface area contributed by atoms with Crippen LogP contribution in [0.15, 0.2) is 59.7 Å². The molecule has 0 unspecified atom stereocenters. The van der Waals surface area contributed by atoms with Crippen LogP contribution in [-0.2, 0) is 13.0 Å². The number of guanidine groups is 1. The molecule has 0 fully saturated rings. The van der Waals surface area contributed by atoms with Crippen molar-refractivity contribution < 1.29 is 14.2 Å². The van der Waals surface area contributed by atoms with Crippen LogP contribution in [0, 0.1) is 13.8 Å². The van der Waals surface area contributed by atoms with E-state index in [-0.39, 0.29) is 0 Å². The van der Waals surface area contributed by atoms with Gasteiger partial charge in [0, 0.05) is 18.8 Å². The van der Waals surface area contributed by atoms with E-state index in [0.29, 0.717) is 36.4 Å². The van der Waals surface area contributed by atoms with Crippen LogP contribution >= 0.6 is 0 Å². The summed E-state index contributed by atoms with van der Waals surface area (Å²) >= 11 is 0. The summed E-state index contributed by atoms with van der Waals surface area (Å²) < 4.78 is 16.5. The third-order valence-corrected chi connectivity index (χ3v) is 5.10. The standard InChI is InChI=1S/C25H30N4O3/c1-17-5-7-21(13-18(17)2)32-24-15-20(10-11-27-24)16-29-25(26)28-12-9-19-6-8-22(30-3)23(14-19)31-4/h5-8,10-11,13-15H,9,12,16H2,1-4H3,(H3,26,28,29). The Bertz CT molecular complexity index is 1080. The van der Waals surface area contributed by atoms with Crippen molar-refractivity contribution in [2.45, 2.75) is 26.8 Å². The number of nitrogens with zero attached hydrogens (tertiary/aromatic N) is 2. The molecular weight excluding hydrogens is 404 g/mol. The van der Waals surface area contributed by atoms with Crippen LogP contribution in [0.5, 0.6) is 23.1 Å². The third-order valence-electron chi connectivity index (χ3n) is 5.10. The summed E-state index contributed by atoms with van der Waals surface area (Å²) in [4.78, 5) is 8.70. The van der Waals surface area contributed by atoms with Crippen LogP contribution < -0.4 is 25.3 Å². The summed E-state index contributed by atoms with van der Waals surface area (Å²) in [6, 6.07) is 15.6. The monoisotopic (exact) mass is 434 g/mol. The maximum atomic E-state index is 6.03. The Labute approximate surface area is 189 Å². The molecule has 1 heterocycles. The van der Waals surface area contributed by atoms with E-state index >= 15 is 0 Å². The predicted octanol–water partition coefficient (Wildman–Crippen LogP) is 4.15. The minimum absolute atomic E-state index is 0.388. The molecule has 3 rings (SSSR count). The molecule has 0 bridgehead atoms. The molecule has 0 spiro atoms. The number of nitrogens with one attached hydrogen (secondary N) is 1. The molecule has 3 aromatic rings. The van der Waals surface area contributed by atoms with E-state index in [1.165, 1.54) is 11.1 Å². The molecule has 0 aliphatic rings. The Morgan fingerprint density at radius 1 is 0.938 bits per heavy atom. The molecule has 0 radical (unpaired) electrons. The lowest BCUT2D eigenvalue weighted by Crippen LogP contribution is -2.33. The topological polar surface area (TPSA) is 91.0 Å². The highest BCUT2D eigenvalue weighted by atomic mass is 16.5. The molecule has 7 heteroatoms. The van der Waals surface area contributed by atoms with Gasteiger partial charge in [-0.3, -0.25) is 0 Å². The van der Waals surface area contributed by atoms with Crippen LogP contribution in [-0.4, -0.2) is 31.7 Å². The van der Waals surface area contributed by atoms with E-state index in [2.05, 4.69) is 29.1 Å². The highest BCUT2D eigenvalue weighted by Crippen LogP contribution is 2.27. The molecule has 168 valence electrons. The predicted molar refractivity (Wildman–Crippen MR) is 127 cm³/mol. The third kappa shape index (κ3) is 6.38. The summed E-state index contributed by atoms with van der Waals surface area (Å²) in [6.45, 7) is 5.22. The number of aryl methyl sites for hydroxylation is 2. The van der Waals surface area contributed by atoms with Gasteiger partial charge in [-0.2, -0.15) is 0 Å². The molecule has 0 aliphatic heterocycles. The van der Waals surface area contributed by atoms with Gasteiger partial charge in [0.2, 0.25) is 5.88 Å².